The maximum atomic E-state index is 13.7. The molecular formula is C27H30N4O3. The highest BCUT2D eigenvalue weighted by atomic mass is 16.5. The van der Waals surface area contributed by atoms with Crippen molar-refractivity contribution in [1.82, 2.24) is 9.88 Å². The van der Waals surface area contributed by atoms with E-state index in [0.29, 0.717) is 31.7 Å². The van der Waals surface area contributed by atoms with Gasteiger partial charge in [-0.2, -0.15) is 0 Å². The lowest BCUT2D eigenvalue weighted by Crippen LogP contribution is -2.62. The summed E-state index contributed by atoms with van der Waals surface area (Å²) in [7, 11) is 0. The molecule has 7 nitrogen and oxygen atoms in total. The van der Waals surface area contributed by atoms with Crippen molar-refractivity contribution in [1.29, 1.82) is 0 Å². The number of piperazine rings is 1. The van der Waals surface area contributed by atoms with Gasteiger partial charge in [-0.3, -0.25) is 14.6 Å². The van der Waals surface area contributed by atoms with Crippen molar-refractivity contribution < 1.29 is 14.3 Å². The minimum atomic E-state index is -1.35. The number of nitrogens with zero attached hydrogens (tertiary/aromatic N) is 3. The van der Waals surface area contributed by atoms with Gasteiger partial charge in [-0.1, -0.05) is 30.7 Å². The summed E-state index contributed by atoms with van der Waals surface area (Å²) in [5.41, 5.74) is 5.78. The first-order valence-corrected chi connectivity index (χ1v) is 12.0. The number of rotatable bonds is 5. The van der Waals surface area contributed by atoms with Crippen LogP contribution in [0.15, 0.2) is 67.0 Å². The van der Waals surface area contributed by atoms with E-state index in [1.165, 1.54) is 0 Å². The van der Waals surface area contributed by atoms with Crippen LogP contribution in [0, 0.1) is 5.92 Å². The number of pyridine rings is 1. The van der Waals surface area contributed by atoms with Gasteiger partial charge in [0.15, 0.2) is 5.60 Å². The minimum Gasteiger partial charge on any atom is -0.477 e. The summed E-state index contributed by atoms with van der Waals surface area (Å²) in [5.74, 6) is -0.659. The molecule has 1 aliphatic carbocycles. The summed E-state index contributed by atoms with van der Waals surface area (Å²) in [4.78, 5) is 34.9. The van der Waals surface area contributed by atoms with Crippen molar-refractivity contribution >= 4 is 28.3 Å². The van der Waals surface area contributed by atoms with Crippen LogP contribution in [0.25, 0.3) is 10.8 Å². The van der Waals surface area contributed by atoms with Gasteiger partial charge in [-0.25, -0.2) is 0 Å². The van der Waals surface area contributed by atoms with Crippen molar-refractivity contribution in [3.8, 4) is 5.75 Å². The fraction of sp³-hybridized carbons (Fsp3) is 0.370. The predicted molar refractivity (Wildman–Crippen MR) is 131 cm³/mol. The molecule has 1 aliphatic heterocycles. The number of anilines is 1. The van der Waals surface area contributed by atoms with Crippen LogP contribution in [-0.2, 0) is 9.59 Å². The second kappa shape index (κ2) is 9.33. The molecule has 2 aromatic carbocycles. The predicted octanol–water partition coefficient (Wildman–Crippen LogP) is 3.38. The second-order valence-electron chi connectivity index (χ2n) is 9.19. The molecule has 2 N–H and O–H groups in total. The Morgan fingerprint density at radius 1 is 0.971 bits per heavy atom. The number of ether oxygens (including phenoxy) is 1. The van der Waals surface area contributed by atoms with Crippen LogP contribution in [0.1, 0.15) is 25.7 Å². The lowest BCUT2D eigenvalue weighted by molar-refractivity contribution is -0.157. The third kappa shape index (κ3) is 4.18. The summed E-state index contributed by atoms with van der Waals surface area (Å²) in [6.45, 7) is 2.73. The Morgan fingerprint density at radius 2 is 1.76 bits per heavy atom. The first-order valence-electron chi connectivity index (χ1n) is 12.0. The van der Waals surface area contributed by atoms with E-state index in [2.05, 4.69) is 22.0 Å². The number of fused-ring (bicyclic) bond motifs is 1. The number of nitrogens with two attached hydrogens (primary N) is 1. The van der Waals surface area contributed by atoms with Crippen molar-refractivity contribution in [3.63, 3.8) is 0 Å². The summed E-state index contributed by atoms with van der Waals surface area (Å²) >= 11 is 0. The Balaban J connectivity index is 1.36. The zero-order chi connectivity index (χ0) is 23.5. The van der Waals surface area contributed by atoms with Gasteiger partial charge in [-0.15, -0.1) is 0 Å². The summed E-state index contributed by atoms with van der Waals surface area (Å²) in [6.07, 6.45) is 6.20. The third-order valence-electron chi connectivity index (χ3n) is 7.19. The standard InChI is InChI=1S/C27H30N4O3/c28-26(33)27(34-23-10-9-20-11-13-29-19-21(20)18-23)12-5-4-8-24(27)25(32)31-16-14-30(15-17-31)22-6-2-1-3-7-22/h1-3,6-7,9-11,13,18-19,24H,4-5,8,12,14-17H2,(H2,28,33). The highest BCUT2D eigenvalue weighted by molar-refractivity contribution is 5.93. The molecule has 0 bridgehead atoms. The molecule has 2 unspecified atom stereocenters. The van der Waals surface area contributed by atoms with Crippen LogP contribution >= 0.6 is 0 Å². The average Bonchev–Trinajstić information content (AvgIpc) is 2.89. The Bertz CT molecular complexity index is 1180. The van der Waals surface area contributed by atoms with Crippen LogP contribution in [0.4, 0.5) is 5.69 Å². The Labute approximate surface area is 199 Å². The van der Waals surface area contributed by atoms with E-state index in [9.17, 15) is 9.59 Å². The maximum absolute atomic E-state index is 13.7. The van der Waals surface area contributed by atoms with Gasteiger partial charge in [-0.05, 0) is 55.0 Å². The molecule has 7 heteroatoms. The van der Waals surface area contributed by atoms with E-state index in [-0.39, 0.29) is 5.91 Å². The topological polar surface area (TPSA) is 88.8 Å². The monoisotopic (exact) mass is 458 g/mol. The van der Waals surface area contributed by atoms with Crippen molar-refractivity contribution in [3.05, 3.63) is 67.0 Å². The van der Waals surface area contributed by atoms with E-state index >= 15 is 0 Å². The molecule has 176 valence electrons. The molecule has 0 radical (unpaired) electrons. The number of carbonyl (C=O) groups excluding carboxylic acids is 2. The molecule has 1 saturated heterocycles. The zero-order valence-electron chi connectivity index (χ0n) is 19.2. The number of amides is 2. The van der Waals surface area contributed by atoms with Crippen molar-refractivity contribution in [2.45, 2.75) is 31.3 Å². The van der Waals surface area contributed by atoms with Gasteiger partial charge < -0.3 is 20.3 Å². The smallest absolute Gasteiger partial charge is 0.262 e. The number of aromatic nitrogens is 1. The molecule has 2 fully saturated rings. The Kier molecular flexibility index (Phi) is 6.09. The lowest BCUT2D eigenvalue weighted by Gasteiger charge is -2.44. The van der Waals surface area contributed by atoms with E-state index in [1.54, 1.807) is 12.4 Å². The minimum absolute atomic E-state index is 0.0336. The quantitative estimate of drug-likeness (QED) is 0.633. The molecule has 2 atom stereocenters. The third-order valence-corrected chi connectivity index (χ3v) is 7.19. The normalized spacial score (nSPS) is 23.0. The lowest BCUT2D eigenvalue weighted by atomic mass is 9.73. The number of primary amides is 1. The SMILES string of the molecule is NC(=O)C1(Oc2ccc3ccncc3c2)CCCCC1C(=O)N1CCN(c2ccccc2)CC1. The Hall–Kier alpha value is -3.61. The van der Waals surface area contributed by atoms with Gasteiger partial charge in [0.25, 0.3) is 5.91 Å². The fourth-order valence-electron chi connectivity index (χ4n) is 5.31. The van der Waals surface area contributed by atoms with Crippen LogP contribution in [0.2, 0.25) is 0 Å². The van der Waals surface area contributed by atoms with Gasteiger partial charge in [0.1, 0.15) is 5.75 Å². The van der Waals surface area contributed by atoms with Crippen LogP contribution in [0.3, 0.4) is 0 Å². The molecule has 34 heavy (non-hydrogen) atoms. The molecule has 2 amide bonds. The molecule has 3 aromatic rings. The van der Waals surface area contributed by atoms with E-state index in [1.807, 2.05) is 47.4 Å². The van der Waals surface area contributed by atoms with Gasteiger partial charge in [0.05, 0.1) is 5.92 Å². The highest BCUT2D eigenvalue weighted by Crippen LogP contribution is 2.39. The Morgan fingerprint density at radius 3 is 2.53 bits per heavy atom. The zero-order valence-corrected chi connectivity index (χ0v) is 19.2. The van der Waals surface area contributed by atoms with Crippen molar-refractivity contribution in [2.75, 3.05) is 31.1 Å². The number of para-hydroxylation sites is 1. The summed E-state index contributed by atoms with van der Waals surface area (Å²) in [6, 6.07) is 17.8. The number of carbonyl (C=O) groups is 2. The van der Waals surface area contributed by atoms with E-state index < -0.39 is 17.4 Å². The van der Waals surface area contributed by atoms with Gasteiger partial charge >= 0.3 is 0 Å². The fourth-order valence-corrected chi connectivity index (χ4v) is 5.31. The maximum Gasteiger partial charge on any atom is 0.262 e. The van der Waals surface area contributed by atoms with Crippen LogP contribution < -0.4 is 15.4 Å². The molecule has 5 rings (SSSR count). The molecule has 2 heterocycles. The van der Waals surface area contributed by atoms with E-state index in [0.717, 1.165) is 42.4 Å². The summed E-state index contributed by atoms with van der Waals surface area (Å²) in [5, 5.41) is 1.94. The van der Waals surface area contributed by atoms with Crippen LogP contribution in [0.5, 0.6) is 5.75 Å². The van der Waals surface area contributed by atoms with Gasteiger partial charge in [0, 0.05) is 49.6 Å². The summed E-state index contributed by atoms with van der Waals surface area (Å²) < 4.78 is 6.37. The molecule has 2 aliphatic rings. The number of benzene rings is 2. The largest absolute Gasteiger partial charge is 0.477 e. The highest BCUT2D eigenvalue weighted by Gasteiger charge is 2.53. The van der Waals surface area contributed by atoms with E-state index in [4.69, 9.17) is 10.5 Å². The van der Waals surface area contributed by atoms with Gasteiger partial charge in [0.2, 0.25) is 5.91 Å². The first kappa shape index (κ1) is 22.2. The van der Waals surface area contributed by atoms with Crippen LogP contribution in [-0.4, -0.2) is 53.5 Å². The number of hydrogen-bond donors (Lipinski definition) is 1. The average molecular weight is 459 g/mol. The molecular weight excluding hydrogens is 428 g/mol. The first-order chi connectivity index (χ1) is 16.6. The second-order valence-corrected chi connectivity index (χ2v) is 9.19. The molecule has 1 aromatic heterocycles. The molecule has 1 saturated carbocycles. The molecule has 0 spiro atoms. The van der Waals surface area contributed by atoms with Crippen molar-refractivity contribution in [2.24, 2.45) is 11.7 Å². The number of hydrogen-bond acceptors (Lipinski definition) is 5.